The fourth-order valence-electron chi connectivity index (χ4n) is 2.48. The van der Waals surface area contributed by atoms with E-state index in [1.54, 1.807) is 13.1 Å². The van der Waals surface area contributed by atoms with Gasteiger partial charge in [-0.2, -0.15) is 0 Å². The second kappa shape index (κ2) is 5.34. The summed E-state index contributed by atoms with van der Waals surface area (Å²) in [7, 11) is 0. The van der Waals surface area contributed by atoms with E-state index in [1.807, 2.05) is 18.7 Å². The van der Waals surface area contributed by atoms with Crippen molar-refractivity contribution in [3.05, 3.63) is 27.9 Å². The number of hydrogen-bond acceptors (Lipinski definition) is 6. The number of nitro groups is 1. The van der Waals surface area contributed by atoms with Crippen molar-refractivity contribution in [2.75, 3.05) is 24.6 Å². The SMILES string of the molecule is Cc1cnc(N2CC(CO)OC(C)(C)C2)c([N+](=O)[O-])c1. The summed E-state index contributed by atoms with van der Waals surface area (Å²) in [5, 5.41) is 20.5. The predicted molar refractivity (Wildman–Crippen MR) is 73.9 cm³/mol. The molecular formula is C13H19N3O4. The number of anilines is 1. The zero-order valence-electron chi connectivity index (χ0n) is 11.9. The second-order valence-electron chi connectivity index (χ2n) is 5.68. The Morgan fingerprint density at radius 1 is 1.65 bits per heavy atom. The van der Waals surface area contributed by atoms with Crippen molar-refractivity contribution in [2.24, 2.45) is 0 Å². The Morgan fingerprint density at radius 3 is 2.95 bits per heavy atom. The maximum atomic E-state index is 11.2. The number of pyridine rings is 1. The lowest BCUT2D eigenvalue weighted by atomic mass is 10.0. The van der Waals surface area contributed by atoms with Gasteiger partial charge in [0.05, 0.1) is 23.2 Å². The van der Waals surface area contributed by atoms with Crippen LogP contribution < -0.4 is 4.90 Å². The zero-order valence-corrected chi connectivity index (χ0v) is 11.9. The highest BCUT2D eigenvalue weighted by Crippen LogP contribution is 2.31. The number of hydrogen-bond donors (Lipinski definition) is 1. The summed E-state index contributed by atoms with van der Waals surface area (Å²) in [6.07, 6.45) is 1.24. The summed E-state index contributed by atoms with van der Waals surface area (Å²) in [5.41, 5.74) is 0.234. The highest BCUT2D eigenvalue weighted by molar-refractivity contribution is 5.59. The lowest BCUT2D eigenvalue weighted by molar-refractivity contribution is -0.384. The number of morpholine rings is 1. The second-order valence-corrected chi connectivity index (χ2v) is 5.68. The van der Waals surface area contributed by atoms with Crippen LogP contribution in [-0.2, 0) is 4.74 Å². The largest absolute Gasteiger partial charge is 0.394 e. The fraction of sp³-hybridized carbons (Fsp3) is 0.615. The fourth-order valence-corrected chi connectivity index (χ4v) is 2.48. The van der Waals surface area contributed by atoms with Crippen LogP contribution in [-0.4, -0.2) is 46.4 Å². The normalized spacial score (nSPS) is 21.8. The van der Waals surface area contributed by atoms with Gasteiger partial charge in [-0.1, -0.05) is 0 Å². The van der Waals surface area contributed by atoms with Crippen molar-refractivity contribution in [1.82, 2.24) is 4.98 Å². The molecule has 1 aliphatic rings. The van der Waals surface area contributed by atoms with Crippen LogP contribution in [0.1, 0.15) is 19.4 Å². The lowest BCUT2D eigenvalue weighted by Crippen LogP contribution is -2.54. The number of ether oxygens (including phenoxy) is 1. The molecule has 1 aromatic heterocycles. The maximum absolute atomic E-state index is 11.2. The summed E-state index contributed by atoms with van der Waals surface area (Å²) in [6, 6.07) is 1.51. The smallest absolute Gasteiger partial charge is 0.311 e. The van der Waals surface area contributed by atoms with Crippen molar-refractivity contribution in [3.8, 4) is 0 Å². The first-order valence-electron chi connectivity index (χ1n) is 6.47. The van der Waals surface area contributed by atoms with Gasteiger partial charge < -0.3 is 14.7 Å². The van der Waals surface area contributed by atoms with Crippen molar-refractivity contribution >= 4 is 11.5 Å². The van der Waals surface area contributed by atoms with Crippen LogP contribution in [0.15, 0.2) is 12.3 Å². The van der Waals surface area contributed by atoms with Gasteiger partial charge in [-0.25, -0.2) is 4.98 Å². The summed E-state index contributed by atoms with van der Waals surface area (Å²) in [5.74, 6) is 0.329. The van der Waals surface area contributed by atoms with Gasteiger partial charge in [0.25, 0.3) is 0 Å². The van der Waals surface area contributed by atoms with Crippen molar-refractivity contribution < 1.29 is 14.8 Å². The van der Waals surface area contributed by atoms with Crippen LogP contribution in [0.25, 0.3) is 0 Å². The molecule has 1 N–H and O–H groups in total. The van der Waals surface area contributed by atoms with Crippen molar-refractivity contribution in [1.29, 1.82) is 0 Å². The third-order valence-corrected chi connectivity index (χ3v) is 3.17. The monoisotopic (exact) mass is 281 g/mol. The molecule has 0 aliphatic carbocycles. The van der Waals surface area contributed by atoms with Crippen LogP contribution >= 0.6 is 0 Å². The van der Waals surface area contributed by atoms with Gasteiger partial charge in [0.1, 0.15) is 0 Å². The zero-order chi connectivity index (χ0) is 14.9. The molecule has 1 aromatic rings. The third kappa shape index (κ3) is 3.05. The van der Waals surface area contributed by atoms with E-state index in [1.165, 1.54) is 6.07 Å². The topological polar surface area (TPSA) is 88.7 Å². The van der Waals surface area contributed by atoms with Gasteiger partial charge in [-0.3, -0.25) is 10.1 Å². The minimum atomic E-state index is -0.494. The average Bonchev–Trinajstić information content (AvgIpc) is 2.36. The number of aromatic nitrogens is 1. The molecule has 7 heteroatoms. The number of aliphatic hydroxyl groups is 1. The number of rotatable bonds is 3. The van der Waals surface area contributed by atoms with Gasteiger partial charge in [0.2, 0.25) is 5.82 Å². The molecule has 1 unspecified atom stereocenters. The Kier molecular flexibility index (Phi) is 3.92. The Hall–Kier alpha value is -1.73. The molecule has 0 spiro atoms. The molecule has 2 heterocycles. The molecule has 0 amide bonds. The van der Waals surface area contributed by atoms with Gasteiger partial charge in [0, 0.05) is 25.4 Å². The molecule has 110 valence electrons. The Bertz CT molecular complexity index is 518. The highest BCUT2D eigenvalue weighted by Gasteiger charge is 2.36. The minimum absolute atomic E-state index is 0.0145. The van der Waals surface area contributed by atoms with E-state index in [-0.39, 0.29) is 18.4 Å². The Labute approximate surface area is 117 Å². The van der Waals surface area contributed by atoms with Crippen LogP contribution in [0.2, 0.25) is 0 Å². The molecule has 0 aromatic carbocycles. The Balaban J connectivity index is 2.37. The molecule has 1 atom stereocenters. The summed E-state index contributed by atoms with van der Waals surface area (Å²) in [6.45, 7) is 6.30. The van der Waals surface area contributed by atoms with Crippen molar-refractivity contribution in [3.63, 3.8) is 0 Å². The van der Waals surface area contributed by atoms with Gasteiger partial charge in [0.15, 0.2) is 0 Å². The van der Waals surface area contributed by atoms with Crippen molar-refractivity contribution in [2.45, 2.75) is 32.5 Å². The van der Waals surface area contributed by atoms with Gasteiger partial charge in [-0.05, 0) is 26.3 Å². The van der Waals surface area contributed by atoms with Crippen LogP contribution in [0, 0.1) is 17.0 Å². The van der Waals surface area contributed by atoms with E-state index in [0.29, 0.717) is 18.9 Å². The predicted octanol–water partition coefficient (Wildman–Crippen LogP) is 1.27. The van der Waals surface area contributed by atoms with Gasteiger partial charge in [-0.15, -0.1) is 0 Å². The number of aliphatic hydroxyl groups excluding tert-OH is 1. The minimum Gasteiger partial charge on any atom is -0.394 e. The van der Waals surface area contributed by atoms with E-state index in [4.69, 9.17) is 4.74 Å². The summed E-state index contributed by atoms with van der Waals surface area (Å²) >= 11 is 0. The first-order valence-corrected chi connectivity index (χ1v) is 6.47. The van der Waals surface area contributed by atoms with E-state index in [9.17, 15) is 15.2 Å². The first-order chi connectivity index (χ1) is 9.32. The molecule has 20 heavy (non-hydrogen) atoms. The average molecular weight is 281 g/mol. The molecule has 1 fully saturated rings. The molecule has 1 aliphatic heterocycles. The van der Waals surface area contributed by atoms with E-state index in [2.05, 4.69) is 4.98 Å². The molecule has 7 nitrogen and oxygen atoms in total. The van der Waals surface area contributed by atoms with Crippen LogP contribution in [0.3, 0.4) is 0 Å². The lowest BCUT2D eigenvalue weighted by Gasteiger charge is -2.42. The molecular weight excluding hydrogens is 262 g/mol. The van der Waals surface area contributed by atoms with E-state index in [0.717, 1.165) is 5.56 Å². The maximum Gasteiger partial charge on any atom is 0.311 e. The summed E-state index contributed by atoms with van der Waals surface area (Å²) < 4.78 is 5.71. The molecule has 0 radical (unpaired) electrons. The molecule has 0 saturated carbocycles. The molecule has 1 saturated heterocycles. The quantitative estimate of drug-likeness (QED) is 0.663. The Morgan fingerprint density at radius 2 is 2.35 bits per heavy atom. The van der Waals surface area contributed by atoms with E-state index < -0.39 is 10.5 Å². The van der Waals surface area contributed by atoms with Gasteiger partial charge >= 0.3 is 5.69 Å². The van der Waals surface area contributed by atoms with Crippen LogP contribution in [0.5, 0.6) is 0 Å². The van der Waals surface area contributed by atoms with Crippen LogP contribution in [0.4, 0.5) is 11.5 Å². The number of aryl methyl sites for hydroxylation is 1. The first kappa shape index (κ1) is 14.7. The summed E-state index contributed by atoms with van der Waals surface area (Å²) in [4.78, 5) is 16.8. The highest BCUT2D eigenvalue weighted by atomic mass is 16.6. The number of nitrogens with zero attached hydrogens (tertiary/aromatic N) is 3. The molecule has 0 bridgehead atoms. The standard InChI is InChI=1S/C13H19N3O4/c1-9-4-11(16(18)19)12(14-5-9)15-6-10(7-17)20-13(2,3)8-15/h4-5,10,17H,6-8H2,1-3H3. The molecule has 2 rings (SSSR count). The van der Waals surface area contributed by atoms with E-state index >= 15 is 0 Å². The third-order valence-electron chi connectivity index (χ3n) is 3.17.